The smallest absolute Gasteiger partial charge is 0.315 e. The number of urea groups is 1. The fourth-order valence-corrected chi connectivity index (χ4v) is 4.11. The Morgan fingerprint density at radius 2 is 1.93 bits per heavy atom. The van der Waals surface area contributed by atoms with Gasteiger partial charge in [0.15, 0.2) is 0 Å². The van der Waals surface area contributed by atoms with Gasteiger partial charge >= 0.3 is 6.03 Å². The highest BCUT2D eigenvalue weighted by molar-refractivity contribution is 6.30. The molecule has 2 amide bonds. The summed E-state index contributed by atoms with van der Waals surface area (Å²) in [5, 5.41) is 10.1. The van der Waals surface area contributed by atoms with Crippen molar-refractivity contribution < 1.29 is 13.9 Å². The van der Waals surface area contributed by atoms with Crippen LogP contribution in [-0.2, 0) is 13.2 Å². The second kappa shape index (κ2) is 8.37. The molecule has 148 valence electrons. The van der Waals surface area contributed by atoms with Crippen molar-refractivity contribution in [2.45, 2.75) is 50.5 Å². The largest absolute Gasteiger partial charge is 0.488 e. The molecule has 1 heterocycles. The second-order valence-electron chi connectivity index (χ2n) is 7.35. The third-order valence-electron chi connectivity index (χ3n) is 5.43. The van der Waals surface area contributed by atoms with Gasteiger partial charge in [-0.15, -0.1) is 0 Å². The molecule has 5 nitrogen and oxygen atoms in total. The molecule has 3 atom stereocenters. The highest BCUT2D eigenvalue weighted by atomic mass is 35.5. The minimum absolute atomic E-state index is 0.0747. The maximum atomic E-state index is 13.8. The van der Waals surface area contributed by atoms with E-state index in [0.29, 0.717) is 28.9 Å². The van der Waals surface area contributed by atoms with Crippen molar-refractivity contribution in [2.75, 3.05) is 0 Å². The highest BCUT2D eigenvalue weighted by Crippen LogP contribution is 2.26. The molecule has 3 N–H and O–H groups in total. The van der Waals surface area contributed by atoms with Crippen LogP contribution in [0.2, 0.25) is 5.02 Å². The minimum Gasteiger partial charge on any atom is -0.488 e. The van der Waals surface area contributed by atoms with Gasteiger partial charge in [0.05, 0.1) is 12.1 Å². The fraction of sp³-hybridized carbons (Fsp3) is 0.381. The molecule has 2 aliphatic rings. The van der Waals surface area contributed by atoms with Gasteiger partial charge in [0.2, 0.25) is 0 Å². The molecule has 3 unspecified atom stereocenters. The number of amides is 2. The number of rotatable bonds is 6. The summed E-state index contributed by atoms with van der Waals surface area (Å²) in [6, 6.07) is 12.7. The van der Waals surface area contributed by atoms with Crippen molar-refractivity contribution in [2.24, 2.45) is 0 Å². The van der Waals surface area contributed by atoms with E-state index in [1.807, 2.05) is 12.1 Å². The van der Waals surface area contributed by atoms with Crippen LogP contribution in [0.15, 0.2) is 42.5 Å². The van der Waals surface area contributed by atoms with Crippen LogP contribution < -0.4 is 20.7 Å². The van der Waals surface area contributed by atoms with E-state index in [2.05, 4.69) is 16.0 Å². The summed E-state index contributed by atoms with van der Waals surface area (Å²) < 4.78 is 19.7. The van der Waals surface area contributed by atoms with Gasteiger partial charge in [-0.2, -0.15) is 0 Å². The van der Waals surface area contributed by atoms with Crippen LogP contribution in [-0.4, -0.2) is 24.2 Å². The summed E-state index contributed by atoms with van der Waals surface area (Å²) in [7, 11) is 0. The van der Waals surface area contributed by atoms with Gasteiger partial charge in [0, 0.05) is 28.7 Å². The van der Waals surface area contributed by atoms with E-state index in [-0.39, 0.29) is 30.5 Å². The molecule has 4 rings (SSSR count). The van der Waals surface area contributed by atoms with Crippen LogP contribution in [0.4, 0.5) is 9.18 Å². The summed E-state index contributed by atoms with van der Waals surface area (Å²) in [6.45, 7) is 0.753. The summed E-state index contributed by atoms with van der Waals surface area (Å²) in [5.74, 6) is 0.407. The molecule has 0 radical (unpaired) electrons. The normalized spacial score (nSPS) is 23.6. The molecule has 1 aliphatic carbocycles. The number of nitrogens with one attached hydrogen (secondary N) is 3. The molecule has 0 spiro atoms. The Kier molecular flexibility index (Phi) is 5.69. The predicted octanol–water partition coefficient (Wildman–Crippen LogP) is 3.75. The lowest BCUT2D eigenvalue weighted by atomic mass is 9.88. The fourth-order valence-electron chi connectivity index (χ4n) is 3.92. The molecule has 2 aromatic carbocycles. The predicted molar refractivity (Wildman–Crippen MR) is 106 cm³/mol. The Balaban J connectivity index is 1.38. The number of carbonyl (C=O) groups excluding carboxylic acids is 1. The van der Waals surface area contributed by atoms with Crippen LogP contribution in [0, 0.1) is 5.82 Å². The van der Waals surface area contributed by atoms with E-state index in [4.69, 9.17) is 16.3 Å². The molecule has 1 aliphatic heterocycles. The number of hydrogen-bond donors (Lipinski definition) is 3. The Labute approximate surface area is 168 Å². The van der Waals surface area contributed by atoms with Crippen LogP contribution in [0.25, 0.3) is 0 Å². The first-order valence-electron chi connectivity index (χ1n) is 9.53. The van der Waals surface area contributed by atoms with Gasteiger partial charge in [0.25, 0.3) is 0 Å². The number of carbonyl (C=O) groups is 1. The number of benzene rings is 2. The average Bonchev–Trinajstić information content (AvgIpc) is 3.06. The summed E-state index contributed by atoms with van der Waals surface area (Å²) >= 11 is 6.17. The van der Waals surface area contributed by atoms with Gasteiger partial charge in [-0.25, -0.2) is 9.18 Å². The summed E-state index contributed by atoms with van der Waals surface area (Å²) in [4.78, 5) is 11.5. The maximum absolute atomic E-state index is 13.8. The first-order valence-corrected chi connectivity index (χ1v) is 9.91. The Bertz CT molecular complexity index is 863. The standard InChI is InChI=1S/C21H23ClFN3O2/c22-15-5-8-20(28-12-13-3-1-2-4-17(13)23)14(9-15)11-24-16-6-7-18-19(10-16)26-21(27)25-18/h1-5,8-9,16,18-19,24H,6-7,10-12H2,(H2,25,26,27). The van der Waals surface area contributed by atoms with E-state index in [9.17, 15) is 9.18 Å². The Hall–Kier alpha value is -2.31. The maximum Gasteiger partial charge on any atom is 0.315 e. The van der Waals surface area contributed by atoms with E-state index in [1.54, 1.807) is 24.3 Å². The van der Waals surface area contributed by atoms with Crippen molar-refractivity contribution in [3.63, 3.8) is 0 Å². The highest BCUT2D eigenvalue weighted by Gasteiger charge is 2.36. The van der Waals surface area contributed by atoms with Crippen molar-refractivity contribution >= 4 is 17.6 Å². The number of hydrogen-bond acceptors (Lipinski definition) is 3. The third-order valence-corrected chi connectivity index (χ3v) is 5.66. The molecule has 0 bridgehead atoms. The zero-order chi connectivity index (χ0) is 19.5. The molecule has 1 saturated carbocycles. The van der Waals surface area contributed by atoms with Crippen LogP contribution in [0.1, 0.15) is 30.4 Å². The quantitative estimate of drug-likeness (QED) is 0.688. The summed E-state index contributed by atoms with van der Waals surface area (Å²) in [6.07, 6.45) is 2.83. The van der Waals surface area contributed by atoms with Gasteiger partial charge in [0.1, 0.15) is 18.2 Å². The first kappa shape index (κ1) is 19.0. The molecule has 1 saturated heterocycles. The van der Waals surface area contributed by atoms with Crippen molar-refractivity contribution in [1.29, 1.82) is 0 Å². The lowest BCUT2D eigenvalue weighted by Gasteiger charge is -2.31. The number of halogens is 2. The second-order valence-corrected chi connectivity index (χ2v) is 7.79. The van der Waals surface area contributed by atoms with Gasteiger partial charge in [-0.1, -0.05) is 29.8 Å². The van der Waals surface area contributed by atoms with Crippen molar-refractivity contribution in [3.8, 4) is 5.75 Å². The molecule has 2 fully saturated rings. The summed E-state index contributed by atoms with van der Waals surface area (Å²) in [5.41, 5.74) is 1.44. The van der Waals surface area contributed by atoms with Crippen LogP contribution in [0.5, 0.6) is 5.75 Å². The Morgan fingerprint density at radius 3 is 2.79 bits per heavy atom. The monoisotopic (exact) mass is 403 g/mol. The van der Waals surface area contributed by atoms with Crippen LogP contribution >= 0.6 is 11.6 Å². The van der Waals surface area contributed by atoms with Gasteiger partial charge in [-0.3, -0.25) is 0 Å². The van der Waals surface area contributed by atoms with E-state index in [0.717, 1.165) is 24.8 Å². The SMILES string of the molecule is O=C1NC2CCC(NCc3cc(Cl)ccc3OCc3ccccc3F)CC2N1. The minimum atomic E-state index is -0.278. The van der Waals surface area contributed by atoms with Gasteiger partial charge in [-0.05, 0) is 43.5 Å². The van der Waals surface area contributed by atoms with E-state index in [1.165, 1.54) is 6.07 Å². The van der Waals surface area contributed by atoms with E-state index >= 15 is 0 Å². The first-order chi connectivity index (χ1) is 13.6. The third kappa shape index (κ3) is 4.39. The number of fused-ring (bicyclic) bond motifs is 1. The molecule has 2 aromatic rings. The topological polar surface area (TPSA) is 62.4 Å². The molecular weight excluding hydrogens is 381 g/mol. The van der Waals surface area contributed by atoms with Gasteiger partial charge < -0.3 is 20.7 Å². The average molecular weight is 404 g/mol. The zero-order valence-corrected chi connectivity index (χ0v) is 16.1. The molecule has 0 aromatic heterocycles. The lowest BCUT2D eigenvalue weighted by molar-refractivity contribution is 0.247. The molecule has 28 heavy (non-hydrogen) atoms. The van der Waals surface area contributed by atoms with Crippen LogP contribution in [0.3, 0.4) is 0 Å². The van der Waals surface area contributed by atoms with Crippen molar-refractivity contribution in [1.82, 2.24) is 16.0 Å². The van der Waals surface area contributed by atoms with Crippen molar-refractivity contribution in [3.05, 3.63) is 64.4 Å². The Morgan fingerprint density at radius 1 is 1.11 bits per heavy atom. The molecule has 7 heteroatoms. The zero-order valence-electron chi connectivity index (χ0n) is 15.4. The number of ether oxygens (including phenoxy) is 1. The molecular formula is C21H23ClFN3O2. The lowest BCUT2D eigenvalue weighted by Crippen LogP contribution is -2.46. The van der Waals surface area contributed by atoms with E-state index < -0.39 is 0 Å².